The van der Waals surface area contributed by atoms with Crippen LogP contribution in [0.25, 0.3) is 0 Å². The van der Waals surface area contributed by atoms with Gasteiger partial charge in [0.05, 0.1) is 17.2 Å². The number of hydrogen-bond acceptors (Lipinski definition) is 4. The van der Waals surface area contributed by atoms with E-state index < -0.39 is 5.54 Å². The maximum Gasteiger partial charge on any atom is 0.100 e. The van der Waals surface area contributed by atoms with Crippen molar-refractivity contribution >= 4 is 0 Å². The zero-order valence-electron chi connectivity index (χ0n) is 7.33. The molecule has 0 aromatic rings. The van der Waals surface area contributed by atoms with E-state index in [4.69, 9.17) is 22.0 Å². The Morgan fingerprint density at radius 1 is 1.46 bits per heavy atom. The van der Waals surface area contributed by atoms with Crippen LogP contribution in [0.1, 0.15) is 13.3 Å². The Balaban J connectivity index is 3.21. The van der Waals surface area contributed by atoms with Crippen molar-refractivity contribution in [2.24, 2.45) is 11.5 Å². The lowest BCUT2D eigenvalue weighted by Crippen LogP contribution is -2.43. The van der Waals surface area contributed by atoms with E-state index in [2.05, 4.69) is 0 Å². The second kappa shape index (κ2) is 2.93. The van der Waals surface area contributed by atoms with Crippen molar-refractivity contribution in [1.29, 1.82) is 10.5 Å². The van der Waals surface area contributed by atoms with Gasteiger partial charge in [0.1, 0.15) is 6.07 Å². The van der Waals surface area contributed by atoms with Crippen LogP contribution < -0.4 is 11.5 Å². The molecule has 1 unspecified atom stereocenters. The van der Waals surface area contributed by atoms with Crippen LogP contribution in [0.3, 0.4) is 0 Å². The van der Waals surface area contributed by atoms with Crippen LogP contribution >= 0.6 is 0 Å². The molecule has 0 saturated heterocycles. The molecule has 4 N–H and O–H groups in total. The summed E-state index contributed by atoms with van der Waals surface area (Å²) in [5, 5.41) is 17.4. The molecule has 4 heteroatoms. The third-order valence-corrected chi connectivity index (χ3v) is 2.08. The lowest BCUT2D eigenvalue weighted by atomic mass is 9.84. The molecule has 0 aromatic carbocycles. The molecule has 1 aliphatic rings. The van der Waals surface area contributed by atoms with E-state index in [1.165, 1.54) is 6.08 Å². The Labute approximate surface area is 76.7 Å². The molecule has 0 bridgehead atoms. The Morgan fingerprint density at radius 3 is 2.54 bits per heavy atom. The van der Waals surface area contributed by atoms with Crippen LogP contribution in [0.2, 0.25) is 0 Å². The molecule has 4 nitrogen and oxygen atoms in total. The minimum atomic E-state index is -0.703. The van der Waals surface area contributed by atoms with Crippen molar-refractivity contribution in [3.8, 4) is 12.1 Å². The summed E-state index contributed by atoms with van der Waals surface area (Å²) in [6, 6.07) is 3.88. The zero-order valence-corrected chi connectivity index (χ0v) is 7.33. The van der Waals surface area contributed by atoms with Crippen molar-refractivity contribution in [2.75, 3.05) is 0 Å². The van der Waals surface area contributed by atoms with E-state index in [1.54, 1.807) is 6.92 Å². The first kappa shape index (κ1) is 9.31. The average molecular weight is 174 g/mol. The van der Waals surface area contributed by atoms with Gasteiger partial charge in [-0.3, -0.25) is 0 Å². The lowest BCUT2D eigenvalue weighted by molar-refractivity contribution is 0.535. The molecule has 0 amide bonds. The maximum absolute atomic E-state index is 8.73. The minimum Gasteiger partial charge on any atom is -0.400 e. The summed E-state index contributed by atoms with van der Waals surface area (Å²) in [6.07, 6.45) is 1.80. The van der Waals surface area contributed by atoms with E-state index in [1.807, 2.05) is 12.1 Å². The predicted octanol–water partition coefficient (Wildman–Crippen LogP) is 0.294. The van der Waals surface area contributed by atoms with Gasteiger partial charge in [-0.2, -0.15) is 10.5 Å². The van der Waals surface area contributed by atoms with Crippen molar-refractivity contribution in [3.05, 3.63) is 22.9 Å². The zero-order chi connectivity index (χ0) is 10.1. The molecule has 0 radical (unpaired) electrons. The summed E-state index contributed by atoms with van der Waals surface area (Å²) in [4.78, 5) is 0. The number of rotatable bonds is 0. The van der Waals surface area contributed by atoms with E-state index in [9.17, 15) is 0 Å². The Kier molecular flexibility index (Phi) is 2.10. The van der Waals surface area contributed by atoms with Gasteiger partial charge in [-0.15, -0.1) is 0 Å². The second-order valence-electron chi connectivity index (χ2n) is 3.31. The smallest absolute Gasteiger partial charge is 0.100 e. The molecular formula is C9H10N4. The van der Waals surface area contributed by atoms with E-state index in [0.717, 1.165) is 0 Å². The Hall–Kier alpha value is -1.78. The summed E-state index contributed by atoms with van der Waals surface area (Å²) < 4.78 is 0. The Morgan fingerprint density at radius 2 is 2.08 bits per heavy atom. The SMILES string of the molecule is CC1(N)CC(C#N)=C(C#N)C=C1N. The van der Waals surface area contributed by atoms with E-state index in [0.29, 0.717) is 23.3 Å². The third kappa shape index (κ3) is 1.53. The molecular weight excluding hydrogens is 164 g/mol. The normalized spacial score (nSPS) is 27.5. The Bertz CT molecular complexity index is 373. The van der Waals surface area contributed by atoms with Gasteiger partial charge in [-0.1, -0.05) is 0 Å². The number of allylic oxidation sites excluding steroid dienone is 2. The highest BCUT2D eigenvalue weighted by Gasteiger charge is 2.29. The van der Waals surface area contributed by atoms with E-state index >= 15 is 0 Å². The molecule has 0 fully saturated rings. The fraction of sp³-hybridized carbons (Fsp3) is 0.333. The summed E-state index contributed by atoms with van der Waals surface area (Å²) in [5.74, 6) is 0. The lowest BCUT2D eigenvalue weighted by Gasteiger charge is -2.28. The molecule has 0 spiro atoms. The monoisotopic (exact) mass is 174 g/mol. The van der Waals surface area contributed by atoms with Crippen molar-refractivity contribution < 1.29 is 0 Å². The first-order chi connectivity index (χ1) is 6.01. The van der Waals surface area contributed by atoms with Gasteiger partial charge in [-0.25, -0.2) is 0 Å². The number of nitrogens with zero attached hydrogens (tertiary/aromatic N) is 2. The average Bonchev–Trinajstić information content (AvgIpc) is 2.08. The molecule has 0 aromatic heterocycles. The van der Waals surface area contributed by atoms with Gasteiger partial charge in [0.15, 0.2) is 0 Å². The largest absolute Gasteiger partial charge is 0.400 e. The molecule has 13 heavy (non-hydrogen) atoms. The molecule has 1 atom stereocenters. The number of nitriles is 2. The van der Waals surface area contributed by atoms with Crippen molar-refractivity contribution in [2.45, 2.75) is 18.9 Å². The first-order valence-electron chi connectivity index (χ1n) is 3.81. The van der Waals surface area contributed by atoms with Crippen molar-refractivity contribution in [3.63, 3.8) is 0 Å². The van der Waals surface area contributed by atoms with Gasteiger partial charge >= 0.3 is 0 Å². The summed E-state index contributed by atoms with van der Waals surface area (Å²) in [5.41, 5.74) is 11.9. The summed E-state index contributed by atoms with van der Waals surface area (Å²) >= 11 is 0. The standard InChI is InChI=1S/C9H10N4/c1-9(13)3-7(5-11)6(4-10)2-8(9)12/h2H,3,12-13H2,1H3. The van der Waals surface area contributed by atoms with Crippen LogP contribution in [0.5, 0.6) is 0 Å². The minimum absolute atomic E-state index is 0.322. The molecule has 66 valence electrons. The number of hydrogen-bond donors (Lipinski definition) is 2. The predicted molar refractivity (Wildman–Crippen MR) is 47.7 cm³/mol. The highest BCUT2D eigenvalue weighted by Crippen LogP contribution is 2.27. The summed E-state index contributed by atoms with van der Waals surface area (Å²) in [7, 11) is 0. The van der Waals surface area contributed by atoms with Gasteiger partial charge in [0.2, 0.25) is 0 Å². The second-order valence-corrected chi connectivity index (χ2v) is 3.31. The van der Waals surface area contributed by atoms with Crippen LogP contribution in [0.15, 0.2) is 22.9 Å². The molecule has 0 saturated carbocycles. The van der Waals surface area contributed by atoms with Gasteiger partial charge in [-0.05, 0) is 13.0 Å². The highest BCUT2D eigenvalue weighted by atomic mass is 14.8. The molecule has 0 heterocycles. The highest BCUT2D eigenvalue weighted by molar-refractivity contribution is 5.51. The third-order valence-electron chi connectivity index (χ3n) is 2.08. The molecule has 1 rings (SSSR count). The van der Waals surface area contributed by atoms with Gasteiger partial charge in [0.25, 0.3) is 0 Å². The van der Waals surface area contributed by atoms with Gasteiger partial charge in [0, 0.05) is 17.7 Å². The van der Waals surface area contributed by atoms with Gasteiger partial charge < -0.3 is 11.5 Å². The quantitative estimate of drug-likeness (QED) is 0.551. The summed E-state index contributed by atoms with van der Waals surface area (Å²) in [6.45, 7) is 1.74. The van der Waals surface area contributed by atoms with E-state index in [-0.39, 0.29) is 0 Å². The van der Waals surface area contributed by atoms with Crippen molar-refractivity contribution in [1.82, 2.24) is 0 Å². The molecule has 1 aliphatic carbocycles. The fourth-order valence-electron chi connectivity index (χ4n) is 1.17. The topological polar surface area (TPSA) is 99.6 Å². The number of nitrogens with two attached hydrogens (primary N) is 2. The van der Waals surface area contributed by atoms with Crippen LogP contribution in [0.4, 0.5) is 0 Å². The van der Waals surface area contributed by atoms with Crippen LogP contribution in [-0.4, -0.2) is 5.54 Å². The molecule has 0 aliphatic heterocycles. The van der Waals surface area contributed by atoms with Crippen LogP contribution in [0, 0.1) is 22.7 Å². The first-order valence-corrected chi connectivity index (χ1v) is 3.81. The maximum atomic E-state index is 8.73. The van der Waals surface area contributed by atoms with Crippen LogP contribution in [-0.2, 0) is 0 Å². The fourth-order valence-corrected chi connectivity index (χ4v) is 1.17.